The fourth-order valence-corrected chi connectivity index (χ4v) is 1.98. The molecule has 0 aliphatic rings. The summed E-state index contributed by atoms with van der Waals surface area (Å²) < 4.78 is 0.573. The van der Waals surface area contributed by atoms with E-state index in [9.17, 15) is 0 Å². The first-order chi connectivity index (χ1) is 5.12. The van der Waals surface area contributed by atoms with Crippen molar-refractivity contribution in [3.63, 3.8) is 0 Å². The summed E-state index contributed by atoms with van der Waals surface area (Å²) in [5, 5.41) is 0. The molecule has 0 heterocycles. The van der Waals surface area contributed by atoms with Gasteiger partial charge in [0, 0.05) is 3.42 Å². The molecule has 0 aliphatic carbocycles. The van der Waals surface area contributed by atoms with Crippen LogP contribution in [-0.2, 0) is 0 Å². The smallest absolute Gasteiger partial charge is 0.0194 e. The number of hydrogen-bond acceptors (Lipinski definition) is 0. The van der Waals surface area contributed by atoms with Gasteiger partial charge >= 0.3 is 0 Å². The Morgan fingerprint density at radius 2 is 1.36 bits per heavy atom. The van der Waals surface area contributed by atoms with Crippen LogP contribution in [0.3, 0.4) is 0 Å². The Balaban J connectivity index is 3.43. The van der Waals surface area contributed by atoms with Crippen LogP contribution < -0.4 is 0 Å². The fourth-order valence-electron chi connectivity index (χ4n) is 1.22. The normalized spacial score (nSPS) is 12.0. The van der Waals surface area contributed by atoms with Crippen molar-refractivity contribution in [3.05, 3.63) is 0 Å². The Morgan fingerprint density at radius 1 is 1.00 bits per heavy atom. The van der Waals surface area contributed by atoms with Crippen LogP contribution in [0, 0.1) is 0 Å². The van der Waals surface area contributed by atoms with Gasteiger partial charge in [-0.25, -0.2) is 0 Å². The van der Waals surface area contributed by atoms with Crippen molar-refractivity contribution in [2.75, 3.05) is 0 Å². The predicted octanol–water partition coefficient (Wildman–Crippen LogP) is 4.56. The minimum Gasteiger partial charge on any atom is -0.0792 e. The van der Waals surface area contributed by atoms with Gasteiger partial charge in [0.1, 0.15) is 0 Å². The van der Waals surface area contributed by atoms with E-state index in [-0.39, 0.29) is 0 Å². The lowest BCUT2D eigenvalue weighted by Gasteiger charge is -2.21. The van der Waals surface area contributed by atoms with Gasteiger partial charge < -0.3 is 0 Å². The number of hydrogen-bond donors (Lipinski definition) is 0. The summed E-state index contributed by atoms with van der Waals surface area (Å²) in [4.78, 5) is 0. The summed E-state index contributed by atoms with van der Waals surface area (Å²) >= 11 is 2.62. The lowest BCUT2D eigenvalue weighted by Crippen LogP contribution is -2.14. The van der Waals surface area contributed by atoms with Gasteiger partial charge in [0.05, 0.1) is 0 Å². The van der Waals surface area contributed by atoms with Crippen LogP contribution in [0.2, 0.25) is 0 Å². The molecule has 0 radical (unpaired) electrons. The molecule has 0 aliphatic heterocycles. The molecule has 0 atom stereocenters. The second kappa shape index (κ2) is 6.27. The highest BCUT2D eigenvalue weighted by Crippen LogP contribution is 2.30. The van der Waals surface area contributed by atoms with Crippen molar-refractivity contribution >= 4 is 22.6 Å². The van der Waals surface area contributed by atoms with Gasteiger partial charge in [0.2, 0.25) is 0 Å². The molecule has 0 amide bonds. The molecule has 0 fully saturated rings. The van der Waals surface area contributed by atoms with E-state index in [1.807, 2.05) is 0 Å². The molecule has 0 saturated heterocycles. The predicted molar refractivity (Wildman–Crippen MR) is 61.5 cm³/mol. The van der Waals surface area contributed by atoms with E-state index in [4.69, 9.17) is 0 Å². The average Bonchev–Trinajstić information content (AvgIpc) is 1.97. The molecule has 0 nitrogen and oxygen atoms in total. The van der Waals surface area contributed by atoms with Gasteiger partial charge in [-0.05, 0) is 12.8 Å². The van der Waals surface area contributed by atoms with Gasteiger partial charge in [0.25, 0.3) is 0 Å². The van der Waals surface area contributed by atoms with Crippen molar-refractivity contribution in [1.82, 2.24) is 0 Å². The highest BCUT2D eigenvalue weighted by Gasteiger charge is 2.17. The maximum Gasteiger partial charge on any atom is 0.0194 e. The summed E-state index contributed by atoms with van der Waals surface area (Å²) in [7, 11) is 0. The number of alkyl halides is 1. The first-order valence-corrected chi connectivity index (χ1v) is 5.89. The summed E-state index contributed by atoms with van der Waals surface area (Å²) in [6.45, 7) is 6.93. The molecule has 0 spiro atoms. The maximum atomic E-state index is 2.62. The van der Waals surface area contributed by atoms with Crippen LogP contribution in [0.15, 0.2) is 0 Å². The largest absolute Gasteiger partial charge is 0.0792 e. The number of unbranched alkanes of at least 4 members (excludes halogenated alkanes) is 2. The van der Waals surface area contributed by atoms with E-state index in [1.54, 1.807) is 0 Å². The zero-order valence-electron chi connectivity index (χ0n) is 8.12. The quantitative estimate of drug-likeness (QED) is 0.489. The lowest BCUT2D eigenvalue weighted by molar-refractivity contribution is 0.519. The number of rotatable bonds is 6. The minimum atomic E-state index is 0.573. The third kappa shape index (κ3) is 7.10. The van der Waals surface area contributed by atoms with Crippen LogP contribution in [0.1, 0.15) is 59.3 Å². The van der Waals surface area contributed by atoms with E-state index < -0.39 is 0 Å². The Kier molecular flexibility index (Phi) is 6.68. The van der Waals surface area contributed by atoms with E-state index in [0.717, 1.165) is 0 Å². The molecule has 0 N–H and O–H groups in total. The van der Waals surface area contributed by atoms with Crippen LogP contribution in [0.25, 0.3) is 0 Å². The highest BCUT2D eigenvalue weighted by atomic mass is 127. The molecule has 0 rings (SSSR count). The molecule has 0 aromatic carbocycles. The van der Waals surface area contributed by atoms with E-state index in [2.05, 4.69) is 43.4 Å². The van der Waals surface area contributed by atoms with Crippen molar-refractivity contribution in [1.29, 1.82) is 0 Å². The minimum absolute atomic E-state index is 0.573. The third-order valence-electron chi connectivity index (χ3n) is 2.10. The van der Waals surface area contributed by atoms with Crippen molar-refractivity contribution < 1.29 is 0 Å². The molecular weight excluding hydrogens is 247 g/mol. The Morgan fingerprint density at radius 3 is 1.64 bits per heavy atom. The van der Waals surface area contributed by atoms with Crippen molar-refractivity contribution in [2.45, 2.75) is 62.7 Å². The van der Waals surface area contributed by atoms with Crippen molar-refractivity contribution in [3.8, 4) is 0 Å². The zero-order chi connectivity index (χ0) is 8.74. The molecule has 0 saturated carbocycles. The molecule has 1 heteroatoms. The van der Waals surface area contributed by atoms with Crippen LogP contribution >= 0.6 is 22.6 Å². The van der Waals surface area contributed by atoms with Gasteiger partial charge in [-0.15, -0.1) is 0 Å². The van der Waals surface area contributed by atoms with E-state index in [0.29, 0.717) is 3.42 Å². The number of halogens is 1. The van der Waals surface area contributed by atoms with Crippen molar-refractivity contribution in [2.24, 2.45) is 0 Å². The lowest BCUT2D eigenvalue weighted by atomic mass is 9.98. The van der Waals surface area contributed by atoms with Crippen LogP contribution in [0.4, 0.5) is 0 Å². The maximum absolute atomic E-state index is 2.62. The molecular formula is C10H21I. The molecule has 0 aromatic rings. The fraction of sp³-hybridized carbons (Fsp3) is 1.00. The summed E-state index contributed by atoms with van der Waals surface area (Å²) in [5.41, 5.74) is 0. The Hall–Kier alpha value is 0.730. The summed E-state index contributed by atoms with van der Waals surface area (Å²) in [5.74, 6) is 0. The third-order valence-corrected chi connectivity index (χ3v) is 3.18. The summed E-state index contributed by atoms with van der Waals surface area (Å²) in [6, 6.07) is 0. The van der Waals surface area contributed by atoms with E-state index >= 15 is 0 Å². The summed E-state index contributed by atoms with van der Waals surface area (Å²) in [6.07, 6.45) is 8.25. The molecule has 0 aromatic heterocycles. The van der Waals surface area contributed by atoms with Gasteiger partial charge in [-0.3, -0.25) is 0 Å². The highest BCUT2D eigenvalue weighted by molar-refractivity contribution is 14.1. The SMILES string of the molecule is CCCCC(C)(I)CCCC. The molecule has 0 bridgehead atoms. The monoisotopic (exact) mass is 268 g/mol. The standard InChI is InChI=1S/C10H21I/c1-4-6-8-10(3,11)9-7-5-2/h4-9H2,1-3H3. The zero-order valence-corrected chi connectivity index (χ0v) is 10.3. The second-order valence-corrected chi connectivity index (χ2v) is 6.22. The average molecular weight is 268 g/mol. The second-order valence-electron chi connectivity index (χ2n) is 3.62. The van der Waals surface area contributed by atoms with E-state index in [1.165, 1.54) is 38.5 Å². The van der Waals surface area contributed by atoms with Crippen LogP contribution in [-0.4, -0.2) is 3.42 Å². The molecule has 68 valence electrons. The first-order valence-electron chi connectivity index (χ1n) is 4.81. The van der Waals surface area contributed by atoms with Gasteiger partial charge in [0.15, 0.2) is 0 Å². The van der Waals surface area contributed by atoms with Gasteiger partial charge in [-0.1, -0.05) is 69.0 Å². The topological polar surface area (TPSA) is 0 Å². The molecule has 0 unspecified atom stereocenters. The van der Waals surface area contributed by atoms with Gasteiger partial charge in [-0.2, -0.15) is 0 Å². The Labute approximate surface area is 85.3 Å². The first kappa shape index (κ1) is 11.7. The van der Waals surface area contributed by atoms with Crippen LogP contribution in [0.5, 0.6) is 0 Å². The molecule has 11 heavy (non-hydrogen) atoms. The Bertz CT molecular complexity index is 76.9.